The van der Waals surface area contributed by atoms with Gasteiger partial charge in [0.25, 0.3) is 0 Å². The summed E-state index contributed by atoms with van der Waals surface area (Å²) in [7, 11) is 0. The van der Waals surface area contributed by atoms with Crippen molar-refractivity contribution in [2.24, 2.45) is 0 Å². The van der Waals surface area contributed by atoms with Crippen LogP contribution in [0.5, 0.6) is 0 Å². The summed E-state index contributed by atoms with van der Waals surface area (Å²) in [6.07, 6.45) is 1.73. The number of aromatic nitrogens is 2. The molecule has 0 saturated heterocycles. The van der Waals surface area contributed by atoms with Crippen molar-refractivity contribution in [2.75, 3.05) is 5.75 Å². The maximum atomic E-state index is 13.3. The molecule has 2 aromatic heterocycles. The Labute approximate surface area is 172 Å². The molecule has 0 amide bonds. The van der Waals surface area contributed by atoms with Crippen molar-refractivity contribution < 1.29 is 0 Å². The van der Waals surface area contributed by atoms with Gasteiger partial charge >= 0.3 is 0 Å². The lowest BCUT2D eigenvalue weighted by Gasteiger charge is -2.18. The van der Waals surface area contributed by atoms with E-state index in [1.807, 2.05) is 6.07 Å². The molecule has 0 fully saturated rings. The third-order valence-electron chi connectivity index (χ3n) is 5.21. The molecular formula is C23H20N2OS2. The minimum absolute atomic E-state index is 0.114. The van der Waals surface area contributed by atoms with Gasteiger partial charge in [-0.25, -0.2) is 4.98 Å². The van der Waals surface area contributed by atoms with Crippen LogP contribution >= 0.6 is 23.1 Å². The van der Waals surface area contributed by atoms with Gasteiger partial charge in [-0.15, -0.1) is 11.3 Å². The van der Waals surface area contributed by atoms with E-state index in [4.69, 9.17) is 4.98 Å². The molecule has 5 heteroatoms. The zero-order valence-electron chi connectivity index (χ0n) is 15.6. The maximum Gasteiger partial charge on any atom is 0.211 e. The smallest absolute Gasteiger partial charge is 0.211 e. The zero-order valence-corrected chi connectivity index (χ0v) is 17.3. The van der Waals surface area contributed by atoms with Gasteiger partial charge in [-0.05, 0) is 35.3 Å². The Morgan fingerprint density at radius 3 is 2.68 bits per heavy atom. The summed E-state index contributed by atoms with van der Waals surface area (Å²) < 4.78 is 2.22. The first-order valence-electron chi connectivity index (χ1n) is 9.57. The van der Waals surface area contributed by atoms with E-state index in [1.54, 1.807) is 23.1 Å². The van der Waals surface area contributed by atoms with Crippen molar-refractivity contribution in [1.82, 2.24) is 9.55 Å². The zero-order chi connectivity index (χ0) is 19.1. The van der Waals surface area contributed by atoms with E-state index in [-0.39, 0.29) is 5.43 Å². The Kier molecular flexibility index (Phi) is 4.57. The minimum atomic E-state index is 0.114. The van der Waals surface area contributed by atoms with Crippen molar-refractivity contribution in [3.05, 3.63) is 81.5 Å². The van der Waals surface area contributed by atoms with Crippen LogP contribution < -0.4 is 5.43 Å². The summed E-state index contributed by atoms with van der Waals surface area (Å²) in [5.41, 5.74) is 5.45. The van der Waals surface area contributed by atoms with Gasteiger partial charge in [0.1, 0.15) is 10.3 Å². The Bertz CT molecular complexity index is 1220. The van der Waals surface area contributed by atoms with Crippen LogP contribution in [0, 0.1) is 0 Å². The van der Waals surface area contributed by atoms with E-state index in [2.05, 4.69) is 60.0 Å². The predicted molar refractivity (Wildman–Crippen MR) is 119 cm³/mol. The second-order valence-electron chi connectivity index (χ2n) is 6.95. The molecule has 0 unspecified atom stereocenters. The number of aryl methyl sites for hydroxylation is 1. The van der Waals surface area contributed by atoms with Crippen LogP contribution in [0.4, 0.5) is 0 Å². The van der Waals surface area contributed by atoms with E-state index in [0.29, 0.717) is 5.52 Å². The lowest BCUT2D eigenvalue weighted by atomic mass is 9.91. The third kappa shape index (κ3) is 2.90. The number of hydrogen-bond acceptors (Lipinski definition) is 4. The summed E-state index contributed by atoms with van der Waals surface area (Å²) in [5, 5.41) is 0.935. The van der Waals surface area contributed by atoms with Crippen molar-refractivity contribution in [1.29, 1.82) is 0 Å². The van der Waals surface area contributed by atoms with Crippen molar-refractivity contribution in [2.45, 2.75) is 31.5 Å². The lowest BCUT2D eigenvalue weighted by Crippen LogP contribution is -2.15. The van der Waals surface area contributed by atoms with Crippen LogP contribution in [0.3, 0.4) is 0 Å². The van der Waals surface area contributed by atoms with E-state index >= 15 is 0 Å². The van der Waals surface area contributed by atoms with Crippen molar-refractivity contribution >= 4 is 33.4 Å². The average molecular weight is 405 g/mol. The van der Waals surface area contributed by atoms with Crippen LogP contribution in [0.1, 0.15) is 23.6 Å². The van der Waals surface area contributed by atoms with Crippen LogP contribution in [0.25, 0.3) is 20.8 Å². The summed E-state index contributed by atoms with van der Waals surface area (Å²) in [6.45, 7) is 2.86. The molecule has 0 bridgehead atoms. The fraction of sp³-hybridized carbons (Fsp3) is 0.217. The van der Waals surface area contributed by atoms with Gasteiger partial charge in [-0.3, -0.25) is 4.79 Å². The summed E-state index contributed by atoms with van der Waals surface area (Å²) in [4.78, 5) is 20.2. The monoisotopic (exact) mass is 404 g/mol. The first kappa shape index (κ1) is 17.7. The highest BCUT2D eigenvalue weighted by atomic mass is 32.2. The fourth-order valence-electron chi connectivity index (χ4n) is 3.88. The largest absolute Gasteiger partial charge is 0.306 e. The molecule has 0 saturated carbocycles. The Morgan fingerprint density at radius 1 is 1.07 bits per heavy atom. The molecule has 0 spiro atoms. The van der Waals surface area contributed by atoms with Gasteiger partial charge in [0.05, 0.1) is 6.54 Å². The molecule has 2 aromatic carbocycles. The Hall–Kier alpha value is -2.37. The molecule has 0 aliphatic heterocycles. The quantitative estimate of drug-likeness (QED) is 0.428. The standard InChI is InChI=1S/C23H20N2OS2/c1-2-27-23-24-19-20(26)18-13-12-16-10-6-7-11-17(16)21(18)28-22(19)25(23)14-15-8-4-3-5-9-15/h3-11H,2,12-14H2,1H3. The number of nitrogens with zero attached hydrogens (tertiary/aromatic N) is 2. The highest BCUT2D eigenvalue weighted by Crippen LogP contribution is 2.38. The van der Waals surface area contributed by atoms with Crippen LogP contribution in [0.2, 0.25) is 0 Å². The molecular weight excluding hydrogens is 384 g/mol. The minimum Gasteiger partial charge on any atom is -0.306 e. The second-order valence-corrected chi connectivity index (χ2v) is 9.18. The fourth-order valence-corrected chi connectivity index (χ4v) is 5.98. The van der Waals surface area contributed by atoms with Gasteiger partial charge in [0.15, 0.2) is 5.16 Å². The van der Waals surface area contributed by atoms with Gasteiger partial charge in [-0.1, -0.05) is 73.3 Å². The van der Waals surface area contributed by atoms with Crippen molar-refractivity contribution in [3.63, 3.8) is 0 Å². The molecule has 3 nitrogen and oxygen atoms in total. The van der Waals surface area contributed by atoms with E-state index in [0.717, 1.165) is 45.6 Å². The molecule has 1 aliphatic rings. The first-order chi connectivity index (χ1) is 13.8. The average Bonchev–Trinajstić information content (AvgIpc) is 3.07. The summed E-state index contributed by atoms with van der Waals surface area (Å²) in [5.74, 6) is 0.930. The number of fused-ring (bicyclic) bond motifs is 4. The van der Waals surface area contributed by atoms with Gasteiger partial charge in [-0.2, -0.15) is 0 Å². The molecule has 0 radical (unpaired) electrons. The highest BCUT2D eigenvalue weighted by Gasteiger charge is 2.24. The normalized spacial score (nSPS) is 12.8. The van der Waals surface area contributed by atoms with Gasteiger partial charge in [0, 0.05) is 10.4 Å². The molecule has 0 N–H and O–H groups in total. The third-order valence-corrected chi connectivity index (χ3v) is 7.35. The number of thioether (sulfide) groups is 1. The lowest BCUT2D eigenvalue weighted by molar-refractivity contribution is 0.735. The summed E-state index contributed by atoms with van der Waals surface area (Å²) in [6, 6.07) is 18.9. The predicted octanol–water partition coefficient (Wildman–Crippen LogP) is 5.38. The molecule has 2 heterocycles. The van der Waals surface area contributed by atoms with E-state index < -0.39 is 0 Å². The highest BCUT2D eigenvalue weighted by molar-refractivity contribution is 7.99. The van der Waals surface area contributed by atoms with Crippen LogP contribution in [-0.2, 0) is 19.4 Å². The molecule has 0 atom stereocenters. The number of benzene rings is 2. The van der Waals surface area contributed by atoms with Crippen LogP contribution in [-0.4, -0.2) is 15.3 Å². The Morgan fingerprint density at radius 2 is 1.86 bits per heavy atom. The molecule has 140 valence electrons. The number of imidazole rings is 1. The van der Waals surface area contributed by atoms with Crippen molar-refractivity contribution in [3.8, 4) is 10.4 Å². The molecule has 4 aromatic rings. The molecule has 28 heavy (non-hydrogen) atoms. The summed E-state index contributed by atoms with van der Waals surface area (Å²) >= 11 is 3.43. The SMILES string of the molecule is CCSc1nc2c(=O)c3c(sc2n1Cc1ccccc1)-c1ccccc1CC3. The molecule has 5 rings (SSSR count). The van der Waals surface area contributed by atoms with Gasteiger partial charge < -0.3 is 4.57 Å². The Balaban J connectivity index is 1.76. The number of rotatable bonds is 4. The second kappa shape index (κ2) is 7.22. The first-order valence-corrected chi connectivity index (χ1v) is 11.4. The van der Waals surface area contributed by atoms with Gasteiger partial charge in [0.2, 0.25) is 5.43 Å². The maximum absolute atomic E-state index is 13.3. The van der Waals surface area contributed by atoms with E-state index in [9.17, 15) is 4.79 Å². The topological polar surface area (TPSA) is 34.9 Å². The molecule has 1 aliphatic carbocycles. The van der Waals surface area contributed by atoms with Crippen LogP contribution in [0.15, 0.2) is 64.5 Å². The number of hydrogen-bond donors (Lipinski definition) is 0. The van der Waals surface area contributed by atoms with E-state index in [1.165, 1.54) is 16.7 Å².